The molecular weight excluding hydrogens is 416 g/mol. The lowest BCUT2D eigenvalue weighted by atomic mass is 9.95. The summed E-state index contributed by atoms with van der Waals surface area (Å²) >= 11 is 0. The fraction of sp³-hybridized carbons (Fsp3) is 0.320. The number of aromatic amines is 1. The van der Waals surface area contributed by atoms with Crippen molar-refractivity contribution in [1.29, 1.82) is 0 Å². The molecule has 0 fully saturated rings. The molecular formula is C25H29N6O2+. The van der Waals surface area contributed by atoms with E-state index in [9.17, 15) is 9.90 Å². The highest BCUT2D eigenvalue weighted by Gasteiger charge is 2.43. The molecule has 1 aromatic heterocycles. The zero-order valence-electron chi connectivity index (χ0n) is 19.2. The summed E-state index contributed by atoms with van der Waals surface area (Å²) in [5.41, 5.74) is 5.56. The molecule has 1 aliphatic heterocycles. The largest absolute Gasteiger partial charge is 0.477 e. The number of quaternary nitrogens is 1. The summed E-state index contributed by atoms with van der Waals surface area (Å²) in [4.78, 5) is 12.3. The Balaban J connectivity index is 1.78. The van der Waals surface area contributed by atoms with E-state index in [-0.39, 0.29) is 4.59 Å². The highest BCUT2D eigenvalue weighted by atomic mass is 16.4. The molecule has 2 N–H and O–H groups in total. The zero-order chi connectivity index (χ0) is 23.4. The van der Waals surface area contributed by atoms with Crippen LogP contribution in [0.2, 0.25) is 0 Å². The molecule has 0 amide bonds. The topological polar surface area (TPSA) is 104 Å². The molecule has 8 heteroatoms. The van der Waals surface area contributed by atoms with E-state index in [0.29, 0.717) is 23.5 Å². The van der Waals surface area contributed by atoms with Crippen LogP contribution in [0, 0.1) is 0 Å². The highest BCUT2D eigenvalue weighted by Crippen LogP contribution is 2.39. The van der Waals surface area contributed by atoms with Crippen LogP contribution in [-0.2, 0) is 4.79 Å². The molecule has 0 bridgehead atoms. The number of hydrogen-bond acceptors (Lipinski definition) is 5. The fourth-order valence-corrected chi connectivity index (χ4v) is 4.45. The third kappa shape index (κ3) is 4.34. The molecule has 2 heterocycles. The van der Waals surface area contributed by atoms with Gasteiger partial charge >= 0.3 is 5.97 Å². The van der Waals surface area contributed by atoms with Gasteiger partial charge in [0.15, 0.2) is 17.1 Å². The smallest absolute Gasteiger partial charge is 0.344 e. The lowest BCUT2D eigenvalue weighted by Gasteiger charge is -2.27. The molecule has 1 unspecified atom stereocenters. The van der Waals surface area contributed by atoms with E-state index in [1.807, 2.05) is 62.5 Å². The third-order valence-corrected chi connectivity index (χ3v) is 5.99. The van der Waals surface area contributed by atoms with Crippen molar-refractivity contribution in [2.75, 3.05) is 13.6 Å². The predicted molar refractivity (Wildman–Crippen MR) is 128 cm³/mol. The molecule has 0 radical (unpaired) electrons. The summed E-state index contributed by atoms with van der Waals surface area (Å²) in [7, 11) is 2.01. The van der Waals surface area contributed by atoms with Crippen LogP contribution in [0.1, 0.15) is 45.1 Å². The van der Waals surface area contributed by atoms with Crippen molar-refractivity contribution in [1.82, 2.24) is 20.6 Å². The van der Waals surface area contributed by atoms with E-state index in [1.165, 1.54) is 0 Å². The average Bonchev–Trinajstić information content (AvgIpc) is 3.45. The Kier molecular flexibility index (Phi) is 6.46. The summed E-state index contributed by atoms with van der Waals surface area (Å²) < 4.78 is 0.268. The maximum atomic E-state index is 12.3. The summed E-state index contributed by atoms with van der Waals surface area (Å²) in [6, 6.07) is 15.9. The molecule has 0 saturated carbocycles. The van der Waals surface area contributed by atoms with Gasteiger partial charge in [-0.05, 0) is 46.5 Å². The first-order valence-corrected chi connectivity index (χ1v) is 11.4. The Hall–Kier alpha value is -3.65. The molecule has 2 aromatic carbocycles. The molecule has 1 atom stereocenters. The lowest BCUT2D eigenvalue weighted by molar-refractivity contribution is -0.844. The third-order valence-electron chi connectivity index (χ3n) is 5.99. The van der Waals surface area contributed by atoms with E-state index in [4.69, 9.17) is 5.10 Å². The van der Waals surface area contributed by atoms with E-state index < -0.39 is 5.97 Å². The summed E-state index contributed by atoms with van der Waals surface area (Å²) in [6.45, 7) is 4.95. The van der Waals surface area contributed by atoms with Crippen molar-refractivity contribution in [3.63, 3.8) is 0 Å². The molecule has 0 spiro atoms. The van der Waals surface area contributed by atoms with Crippen LogP contribution in [-0.4, -0.2) is 55.6 Å². The minimum absolute atomic E-state index is 0.268. The van der Waals surface area contributed by atoms with Crippen molar-refractivity contribution in [2.24, 2.45) is 5.10 Å². The van der Waals surface area contributed by atoms with Crippen molar-refractivity contribution in [2.45, 2.75) is 39.5 Å². The van der Waals surface area contributed by atoms with Gasteiger partial charge in [-0.2, -0.15) is 4.59 Å². The Morgan fingerprint density at radius 3 is 2.30 bits per heavy atom. The van der Waals surface area contributed by atoms with Gasteiger partial charge in [-0.3, -0.25) is 0 Å². The van der Waals surface area contributed by atoms with Gasteiger partial charge in [0.25, 0.3) is 0 Å². The number of nitrogens with zero attached hydrogens (tertiary/aromatic N) is 5. The fourth-order valence-electron chi connectivity index (χ4n) is 4.45. The second-order valence-electron chi connectivity index (χ2n) is 8.41. The number of benzene rings is 2. The van der Waals surface area contributed by atoms with Gasteiger partial charge in [0.05, 0.1) is 7.05 Å². The van der Waals surface area contributed by atoms with Gasteiger partial charge in [0.1, 0.15) is 12.3 Å². The maximum Gasteiger partial charge on any atom is 0.344 e. The summed E-state index contributed by atoms with van der Waals surface area (Å²) in [5.74, 6) is -0.314. The van der Waals surface area contributed by atoms with Crippen LogP contribution in [0.4, 0.5) is 0 Å². The second-order valence-corrected chi connectivity index (χ2v) is 8.41. The Morgan fingerprint density at radius 1 is 1.00 bits per heavy atom. The molecule has 0 aliphatic carbocycles. The maximum absolute atomic E-state index is 12.3. The normalized spacial score (nSPS) is 18.0. The van der Waals surface area contributed by atoms with E-state index >= 15 is 0 Å². The Morgan fingerprint density at radius 2 is 1.70 bits per heavy atom. The van der Waals surface area contributed by atoms with Gasteiger partial charge in [-0.15, -0.1) is 5.10 Å². The average molecular weight is 446 g/mol. The first kappa shape index (κ1) is 22.5. The second kappa shape index (κ2) is 9.46. The summed E-state index contributed by atoms with van der Waals surface area (Å²) in [6.07, 6.45) is 3.49. The number of nitrogens with one attached hydrogen (secondary N) is 1. The molecule has 0 saturated heterocycles. The number of carboxylic acids is 1. The minimum Gasteiger partial charge on any atom is -0.477 e. The molecule has 1 aliphatic rings. The molecule has 170 valence electrons. The number of aromatic nitrogens is 4. The van der Waals surface area contributed by atoms with Crippen LogP contribution >= 0.6 is 0 Å². The number of tetrazole rings is 1. The molecule has 3 aromatic rings. The van der Waals surface area contributed by atoms with Gasteiger partial charge in [0, 0.05) is 11.1 Å². The van der Waals surface area contributed by atoms with E-state index in [1.54, 1.807) is 0 Å². The van der Waals surface area contributed by atoms with Gasteiger partial charge in [-0.1, -0.05) is 68.2 Å². The van der Waals surface area contributed by atoms with Crippen LogP contribution in [0.3, 0.4) is 0 Å². The molecule has 4 rings (SSSR count). The van der Waals surface area contributed by atoms with E-state index in [2.05, 4.69) is 27.5 Å². The van der Waals surface area contributed by atoms with Crippen LogP contribution in [0.15, 0.2) is 59.2 Å². The molecule has 33 heavy (non-hydrogen) atoms. The number of unbranched alkanes of at least 4 members (excludes halogenated alkanes) is 1. The van der Waals surface area contributed by atoms with Crippen LogP contribution < -0.4 is 0 Å². The Labute approximate surface area is 193 Å². The van der Waals surface area contributed by atoms with Crippen LogP contribution in [0.5, 0.6) is 0 Å². The van der Waals surface area contributed by atoms with E-state index in [0.717, 1.165) is 53.8 Å². The van der Waals surface area contributed by atoms with Gasteiger partial charge in [0.2, 0.25) is 0 Å². The quantitative estimate of drug-likeness (QED) is 0.463. The number of hydrogen-bond donors (Lipinski definition) is 2. The first-order chi connectivity index (χ1) is 16.0. The molecule has 8 nitrogen and oxygen atoms in total. The van der Waals surface area contributed by atoms with Crippen LogP contribution in [0.25, 0.3) is 28.2 Å². The van der Waals surface area contributed by atoms with Gasteiger partial charge < -0.3 is 5.11 Å². The SMILES string of the molecule is CCCC[N+]1(C)N=C(CCC)C(C(=O)O)=C1c1ccc(-c2ccccc2-c2nnn[nH]2)cc1. The number of aliphatic carboxylic acids is 1. The van der Waals surface area contributed by atoms with Crippen molar-refractivity contribution in [3.8, 4) is 22.5 Å². The zero-order valence-corrected chi connectivity index (χ0v) is 19.2. The van der Waals surface area contributed by atoms with Crippen molar-refractivity contribution >= 4 is 17.4 Å². The lowest BCUT2D eigenvalue weighted by Crippen LogP contribution is -2.36. The highest BCUT2D eigenvalue weighted by molar-refractivity contribution is 6.24. The number of rotatable bonds is 9. The minimum atomic E-state index is -0.914. The first-order valence-electron chi connectivity index (χ1n) is 11.4. The number of carbonyl (C=O) groups is 1. The van der Waals surface area contributed by atoms with Crippen molar-refractivity contribution in [3.05, 3.63) is 59.7 Å². The number of H-pyrrole nitrogens is 1. The van der Waals surface area contributed by atoms with Gasteiger partial charge in [-0.25, -0.2) is 9.89 Å². The summed E-state index contributed by atoms with van der Waals surface area (Å²) in [5, 5.41) is 29.3. The number of carboxylic acid groups (broad SMARTS) is 1. The standard InChI is InChI=1S/C25H28N6O2/c1-4-6-16-31(3)23(22(25(32)33)21(28-31)9-5-2)18-14-12-17(13-15-18)19-10-7-8-11-20(19)24-26-29-30-27-24/h7-8,10-15H,4-6,9,16H2,1-3H3,(H-,26,27,28,29,30,32,33)/p+1. The predicted octanol–water partition coefficient (Wildman–Crippen LogP) is 4.75. The Bertz CT molecular complexity index is 1200. The monoisotopic (exact) mass is 445 g/mol. The van der Waals surface area contributed by atoms with Crippen molar-refractivity contribution < 1.29 is 14.5 Å².